The van der Waals surface area contributed by atoms with Crippen LogP contribution < -0.4 is 0 Å². The highest BCUT2D eigenvalue weighted by atomic mass is 32.2. The van der Waals surface area contributed by atoms with Crippen molar-refractivity contribution in [2.45, 2.75) is 20.8 Å². The van der Waals surface area contributed by atoms with Crippen molar-refractivity contribution in [1.82, 2.24) is 9.80 Å². The van der Waals surface area contributed by atoms with Crippen molar-refractivity contribution in [3.8, 4) is 0 Å². The fourth-order valence-corrected chi connectivity index (χ4v) is 2.53. The van der Waals surface area contributed by atoms with Crippen molar-refractivity contribution in [1.29, 1.82) is 0 Å². The monoisotopic (exact) mass is 276 g/mol. The SMILES string of the molecule is CC(C)(C)C(=O)N1CCN(CCS(C)(=O)=O)CC1. The molecule has 0 atom stereocenters. The van der Waals surface area contributed by atoms with Gasteiger partial charge in [-0.05, 0) is 0 Å². The van der Waals surface area contributed by atoms with Crippen LogP contribution in [-0.2, 0) is 14.6 Å². The highest BCUT2D eigenvalue weighted by Gasteiger charge is 2.29. The predicted octanol–water partition coefficient (Wildman–Crippen LogP) is 0.221. The Labute approximate surface area is 110 Å². The zero-order valence-electron chi connectivity index (χ0n) is 11.8. The van der Waals surface area contributed by atoms with E-state index in [1.165, 1.54) is 6.26 Å². The van der Waals surface area contributed by atoms with E-state index in [-0.39, 0.29) is 17.1 Å². The van der Waals surface area contributed by atoms with Gasteiger partial charge in [-0.25, -0.2) is 8.42 Å². The van der Waals surface area contributed by atoms with Gasteiger partial charge < -0.3 is 4.90 Å². The number of hydrogen-bond donors (Lipinski definition) is 0. The number of rotatable bonds is 3. The molecule has 1 rings (SSSR count). The van der Waals surface area contributed by atoms with E-state index in [1.807, 2.05) is 25.7 Å². The summed E-state index contributed by atoms with van der Waals surface area (Å²) in [4.78, 5) is 16.0. The number of sulfone groups is 1. The van der Waals surface area contributed by atoms with E-state index in [9.17, 15) is 13.2 Å². The molecule has 1 saturated heterocycles. The first-order valence-corrected chi connectivity index (χ1v) is 8.35. The molecule has 1 heterocycles. The van der Waals surface area contributed by atoms with Crippen molar-refractivity contribution in [2.75, 3.05) is 44.7 Å². The van der Waals surface area contributed by atoms with E-state index in [4.69, 9.17) is 0 Å². The van der Waals surface area contributed by atoms with Crippen LogP contribution in [-0.4, -0.2) is 68.9 Å². The van der Waals surface area contributed by atoms with E-state index >= 15 is 0 Å². The zero-order valence-corrected chi connectivity index (χ0v) is 12.6. The average molecular weight is 276 g/mol. The minimum Gasteiger partial charge on any atom is -0.340 e. The molecule has 0 bridgehead atoms. The topological polar surface area (TPSA) is 57.7 Å². The fraction of sp³-hybridized carbons (Fsp3) is 0.917. The molecule has 0 N–H and O–H groups in total. The Morgan fingerprint density at radius 3 is 2.00 bits per heavy atom. The molecular formula is C12H24N2O3S. The maximum absolute atomic E-state index is 12.1. The smallest absolute Gasteiger partial charge is 0.228 e. The maximum atomic E-state index is 12.1. The normalized spacial score (nSPS) is 19.0. The third kappa shape index (κ3) is 4.94. The highest BCUT2D eigenvalue weighted by Crippen LogP contribution is 2.18. The lowest BCUT2D eigenvalue weighted by Gasteiger charge is -2.37. The molecular weight excluding hydrogens is 252 g/mol. The summed E-state index contributed by atoms with van der Waals surface area (Å²) < 4.78 is 22.2. The van der Waals surface area contributed by atoms with Crippen LogP contribution in [0.1, 0.15) is 20.8 Å². The van der Waals surface area contributed by atoms with Crippen LogP contribution in [0.15, 0.2) is 0 Å². The van der Waals surface area contributed by atoms with Crippen LogP contribution in [0.4, 0.5) is 0 Å². The summed E-state index contributed by atoms with van der Waals surface area (Å²) in [6, 6.07) is 0. The van der Waals surface area contributed by atoms with Crippen molar-refractivity contribution in [3.63, 3.8) is 0 Å². The first kappa shape index (κ1) is 15.4. The zero-order chi connectivity index (χ0) is 14.0. The number of carbonyl (C=O) groups is 1. The van der Waals surface area contributed by atoms with E-state index in [2.05, 4.69) is 4.90 Å². The minimum atomic E-state index is -2.90. The third-order valence-electron chi connectivity index (χ3n) is 3.08. The third-order valence-corrected chi connectivity index (χ3v) is 4.00. The first-order chi connectivity index (χ1) is 8.09. The lowest BCUT2D eigenvalue weighted by Crippen LogP contribution is -2.52. The van der Waals surface area contributed by atoms with Crippen LogP contribution in [0.2, 0.25) is 0 Å². The highest BCUT2D eigenvalue weighted by molar-refractivity contribution is 7.90. The summed E-state index contributed by atoms with van der Waals surface area (Å²) in [5, 5.41) is 0. The van der Waals surface area contributed by atoms with E-state index in [1.54, 1.807) is 0 Å². The second-order valence-electron chi connectivity index (χ2n) is 6.01. The van der Waals surface area contributed by atoms with E-state index < -0.39 is 9.84 Å². The van der Waals surface area contributed by atoms with E-state index in [0.717, 1.165) is 13.1 Å². The quantitative estimate of drug-likeness (QED) is 0.740. The van der Waals surface area contributed by atoms with Crippen molar-refractivity contribution in [3.05, 3.63) is 0 Å². The maximum Gasteiger partial charge on any atom is 0.228 e. The van der Waals surface area contributed by atoms with Gasteiger partial charge in [0.05, 0.1) is 5.75 Å². The molecule has 5 nitrogen and oxygen atoms in total. The largest absolute Gasteiger partial charge is 0.340 e. The fourth-order valence-electron chi connectivity index (χ4n) is 1.94. The molecule has 6 heteroatoms. The number of amides is 1. The lowest BCUT2D eigenvalue weighted by molar-refractivity contribution is -0.141. The average Bonchev–Trinajstić information content (AvgIpc) is 2.24. The van der Waals surface area contributed by atoms with Crippen LogP contribution >= 0.6 is 0 Å². The van der Waals surface area contributed by atoms with Gasteiger partial charge in [-0.2, -0.15) is 0 Å². The molecule has 1 aliphatic heterocycles. The Balaban J connectivity index is 2.40. The Morgan fingerprint density at radius 2 is 1.61 bits per heavy atom. The predicted molar refractivity (Wildman–Crippen MR) is 72.2 cm³/mol. The van der Waals surface area contributed by atoms with Gasteiger partial charge in [-0.3, -0.25) is 9.69 Å². The molecule has 0 aromatic rings. The number of piperazine rings is 1. The molecule has 1 amide bonds. The van der Waals surface area contributed by atoms with Gasteiger partial charge in [0.2, 0.25) is 5.91 Å². The molecule has 0 spiro atoms. The second-order valence-corrected chi connectivity index (χ2v) is 8.27. The summed E-state index contributed by atoms with van der Waals surface area (Å²) in [6.45, 7) is 9.24. The van der Waals surface area contributed by atoms with Crippen LogP contribution in [0.25, 0.3) is 0 Å². The summed E-state index contributed by atoms with van der Waals surface area (Å²) in [5.41, 5.74) is -0.338. The second kappa shape index (κ2) is 5.57. The van der Waals surface area contributed by atoms with Gasteiger partial charge in [0.15, 0.2) is 0 Å². The number of nitrogens with zero attached hydrogens (tertiary/aromatic N) is 2. The van der Waals surface area contributed by atoms with Crippen LogP contribution in [0.3, 0.4) is 0 Å². The van der Waals surface area contributed by atoms with Crippen LogP contribution in [0, 0.1) is 5.41 Å². The molecule has 0 aromatic carbocycles. The summed E-state index contributed by atoms with van der Waals surface area (Å²) in [5.74, 6) is 0.366. The molecule has 106 valence electrons. The lowest BCUT2D eigenvalue weighted by atomic mass is 9.94. The van der Waals surface area contributed by atoms with Gasteiger partial charge >= 0.3 is 0 Å². The Morgan fingerprint density at radius 1 is 1.11 bits per heavy atom. The molecule has 0 aromatic heterocycles. The molecule has 1 fully saturated rings. The first-order valence-electron chi connectivity index (χ1n) is 6.29. The van der Waals surface area contributed by atoms with E-state index in [0.29, 0.717) is 19.6 Å². The number of hydrogen-bond acceptors (Lipinski definition) is 4. The molecule has 0 radical (unpaired) electrons. The van der Waals surface area contributed by atoms with Crippen molar-refractivity contribution >= 4 is 15.7 Å². The number of carbonyl (C=O) groups excluding carboxylic acids is 1. The van der Waals surface area contributed by atoms with Crippen molar-refractivity contribution < 1.29 is 13.2 Å². The summed E-state index contributed by atoms with van der Waals surface area (Å²) in [7, 11) is -2.90. The molecule has 0 aliphatic carbocycles. The van der Waals surface area contributed by atoms with Crippen molar-refractivity contribution in [2.24, 2.45) is 5.41 Å². The standard InChI is InChI=1S/C12H24N2O3S/c1-12(2,3)11(15)14-7-5-13(6-8-14)9-10-18(4,16)17/h5-10H2,1-4H3. The van der Waals surface area contributed by atoms with Gasteiger partial charge in [-0.15, -0.1) is 0 Å². The van der Waals surface area contributed by atoms with Gasteiger partial charge in [0.1, 0.15) is 9.84 Å². The van der Waals surface area contributed by atoms with Gasteiger partial charge in [0, 0.05) is 44.4 Å². The van der Waals surface area contributed by atoms with Gasteiger partial charge in [-0.1, -0.05) is 20.8 Å². The Kier molecular flexibility index (Phi) is 4.78. The molecule has 18 heavy (non-hydrogen) atoms. The van der Waals surface area contributed by atoms with Gasteiger partial charge in [0.25, 0.3) is 0 Å². The molecule has 0 unspecified atom stereocenters. The Hall–Kier alpha value is -0.620. The molecule has 1 aliphatic rings. The van der Waals surface area contributed by atoms with Crippen LogP contribution in [0.5, 0.6) is 0 Å². The minimum absolute atomic E-state index is 0.172. The Bertz CT molecular complexity index is 390. The summed E-state index contributed by atoms with van der Waals surface area (Å²) >= 11 is 0. The summed E-state index contributed by atoms with van der Waals surface area (Å²) in [6.07, 6.45) is 1.26. The molecule has 0 saturated carbocycles.